The molecule has 0 aliphatic carbocycles. The van der Waals surface area contributed by atoms with Crippen molar-refractivity contribution in [2.45, 2.75) is 59.2 Å². The van der Waals surface area contributed by atoms with E-state index in [2.05, 4.69) is 20.4 Å². The minimum atomic E-state index is -0.456. The average molecular weight is 415 g/mol. The van der Waals surface area contributed by atoms with Gasteiger partial charge >= 0.3 is 11.9 Å². The van der Waals surface area contributed by atoms with Crippen molar-refractivity contribution < 1.29 is 19.1 Å². The largest absolute Gasteiger partial charge is 0.460 e. The Morgan fingerprint density at radius 1 is 0.724 bits per heavy atom. The number of rotatable bonds is 5. The van der Waals surface area contributed by atoms with E-state index < -0.39 is 11.2 Å². The molecule has 0 aromatic carbocycles. The quantitative estimate of drug-likeness (QED) is 0.641. The van der Waals surface area contributed by atoms with Gasteiger partial charge in [0.2, 0.25) is 0 Å². The Hall–Kier alpha value is -1.22. The third-order valence-electron chi connectivity index (χ3n) is 4.24. The van der Waals surface area contributed by atoms with E-state index >= 15 is 0 Å². The van der Waals surface area contributed by atoms with Crippen molar-refractivity contribution in [3.63, 3.8) is 0 Å². The van der Waals surface area contributed by atoms with Crippen LogP contribution < -0.4 is 10.6 Å². The Bertz CT molecular complexity index is 486. The lowest BCUT2D eigenvalue weighted by Crippen LogP contribution is -2.45. The number of esters is 2. The monoisotopic (exact) mass is 414 g/mol. The lowest BCUT2D eigenvalue weighted by molar-refractivity contribution is -0.156. The van der Waals surface area contributed by atoms with Gasteiger partial charge in [-0.1, -0.05) is 0 Å². The molecule has 1 saturated heterocycles. The molecule has 0 spiro atoms. The van der Waals surface area contributed by atoms with Gasteiger partial charge in [0.25, 0.3) is 0 Å². The van der Waals surface area contributed by atoms with Crippen molar-refractivity contribution in [2.24, 2.45) is 0 Å². The molecule has 0 aromatic rings. The van der Waals surface area contributed by atoms with E-state index in [9.17, 15) is 9.59 Å². The standard InChI is InChI=1S/C21H42N4O4/c1-20(2,3)28-18(26)7-12-24-13-8-22-10-15-25(16-11-23-9-14-24)17-19(27)29-21(4,5)6/h22-23H,7-17H2,1-6H3. The van der Waals surface area contributed by atoms with Crippen molar-refractivity contribution >= 4 is 11.9 Å². The van der Waals surface area contributed by atoms with Crippen LogP contribution in [0.5, 0.6) is 0 Å². The molecular weight excluding hydrogens is 372 g/mol. The van der Waals surface area contributed by atoms with Crippen LogP contribution in [0, 0.1) is 0 Å². The lowest BCUT2D eigenvalue weighted by Gasteiger charge is -2.27. The zero-order valence-electron chi connectivity index (χ0n) is 19.3. The van der Waals surface area contributed by atoms with E-state index in [0.717, 1.165) is 52.4 Å². The van der Waals surface area contributed by atoms with Gasteiger partial charge < -0.3 is 25.0 Å². The van der Waals surface area contributed by atoms with Crippen LogP contribution in [-0.4, -0.2) is 98.4 Å². The molecule has 1 aliphatic rings. The normalized spacial score (nSPS) is 19.1. The minimum Gasteiger partial charge on any atom is -0.460 e. The smallest absolute Gasteiger partial charge is 0.320 e. The Morgan fingerprint density at radius 2 is 1.14 bits per heavy atom. The van der Waals surface area contributed by atoms with Gasteiger partial charge in [0.05, 0.1) is 13.0 Å². The molecule has 8 nitrogen and oxygen atoms in total. The maximum absolute atomic E-state index is 12.1. The highest BCUT2D eigenvalue weighted by Gasteiger charge is 2.20. The van der Waals surface area contributed by atoms with E-state index in [0.29, 0.717) is 19.5 Å². The van der Waals surface area contributed by atoms with Gasteiger partial charge in [-0.15, -0.1) is 0 Å². The summed E-state index contributed by atoms with van der Waals surface area (Å²) in [6.07, 6.45) is 0.404. The second-order valence-electron chi connectivity index (χ2n) is 9.54. The molecule has 0 unspecified atom stereocenters. The lowest BCUT2D eigenvalue weighted by atomic mass is 10.2. The van der Waals surface area contributed by atoms with E-state index in [1.54, 1.807) is 0 Å². The molecular formula is C21H42N4O4. The van der Waals surface area contributed by atoms with Crippen molar-refractivity contribution in [3.05, 3.63) is 0 Å². The van der Waals surface area contributed by atoms with E-state index in [1.807, 2.05) is 41.5 Å². The Kier molecular flexibility index (Phi) is 11.1. The van der Waals surface area contributed by atoms with Gasteiger partial charge in [0.1, 0.15) is 11.2 Å². The van der Waals surface area contributed by atoms with Gasteiger partial charge in [-0.25, -0.2) is 0 Å². The second kappa shape index (κ2) is 12.5. The molecule has 8 heteroatoms. The van der Waals surface area contributed by atoms with Gasteiger partial charge in [-0.3, -0.25) is 14.5 Å². The van der Waals surface area contributed by atoms with Gasteiger partial charge in [0, 0.05) is 58.9 Å². The fourth-order valence-corrected chi connectivity index (χ4v) is 3.00. The summed E-state index contributed by atoms with van der Waals surface area (Å²) in [4.78, 5) is 28.5. The fourth-order valence-electron chi connectivity index (χ4n) is 3.00. The van der Waals surface area contributed by atoms with Crippen LogP contribution in [0.2, 0.25) is 0 Å². The summed E-state index contributed by atoms with van der Waals surface area (Å²) in [5.74, 6) is -0.333. The Balaban J connectivity index is 2.39. The van der Waals surface area contributed by atoms with E-state index in [1.165, 1.54) is 0 Å². The van der Waals surface area contributed by atoms with E-state index in [-0.39, 0.29) is 11.9 Å². The van der Waals surface area contributed by atoms with Crippen LogP contribution in [-0.2, 0) is 19.1 Å². The molecule has 2 N–H and O–H groups in total. The average Bonchev–Trinajstić information content (AvgIpc) is 2.52. The highest BCUT2D eigenvalue weighted by molar-refractivity contribution is 5.72. The van der Waals surface area contributed by atoms with Gasteiger partial charge in [-0.05, 0) is 41.5 Å². The summed E-state index contributed by atoms with van der Waals surface area (Å²) in [5.41, 5.74) is -0.893. The minimum absolute atomic E-state index is 0.151. The Morgan fingerprint density at radius 3 is 1.59 bits per heavy atom. The number of nitrogens with one attached hydrogen (secondary N) is 2. The highest BCUT2D eigenvalue weighted by Crippen LogP contribution is 2.09. The van der Waals surface area contributed by atoms with E-state index in [4.69, 9.17) is 9.47 Å². The van der Waals surface area contributed by atoms with Crippen molar-refractivity contribution in [2.75, 3.05) is 65.4 Å². The predicted octanol–water partition coefficient (Wildman–Crippen LogP) is 0.857. The zero-order valence-corrected chi connectivity index (χ0v) is 19.3. The maximum atomic E-state index is 12.1. The van der Waals surface area contributed by atoms with Crippen molar-refractivity contribution in [3.8, 4) is 0 Å². The fraction of sp³-hybridized carbons (Fsp3) is 0.905. The molecule has 0 amide bonds. The topological polar surface area (TPSA) is 83.1 Å². The number of nitrogens with zero attached hydrogens (tertiary/aromatic N) is 2. The number of hydrogen-bond acceptors (Lipinski definition) is 8. The summed E-state index contributed by atoms with van der Waals surface area (Å²) in [6.45, 7) is 19.0. The van der Waals surface area contributed by atoms with Gasteiger partial charge in [0.15, 0.2) is 0 Å². The molecule has 1 rings (SSSR count). The number of carbonyl (C=O) groups is 2. The maximum Gasteiger partial charge on any atom is 0.320 e. The first-order valence-corrected chi connectivity index (χ1v) is 10.7. The third-order valence-corrected chi connectivity index (χ3v) is 4.24. The summed E-state index contributed by atoms with van der Waals surface area (Å²) >= 11 is 0. The molecule has 1 aliphatic heterocycles. The summed E-state index contributed by atoms with van der Waals surface area (Å²) in [7, 11) is 0. The molecule has 0 saturated carbocycles. The first-order valence-electron chi connectivity index (χ1n) is 10.7. The molecule has 0 radical (unpaired) electrons. The predicted molar refractivity (Wildman–Crippen MR) is 115 cm³/mol. The van der Waals surface area contributed by atoms with Crippen LogP contribution in [0.1, 0.15) is 48.0 Å². The van der Waals surface area contributed by atoms with Crippen molar-refractivity contribution in [1.82, 2.24) is 20.4 Å². The zero-order chi connectivity index (χ0) is 21.9. The molecule has 170 valence electrons. The highest BCUT2D eigenvalue weighted by atomic mass is 16.6. The van der Waals surface area contributed by atoms with Crippen LogP contribution in [0.4, 0.5) is 0 Å². The van der Waals surface area contributed by atoms with Crippen LogP contribution in [0.3, 0.4) is 0 Å². The number of ether oxygens (including phenoxy) is 2. The number of hydrogen-bond donors (Lipinski definition) is 2. The summed E-state index contributed by atoms with van der Waals surface area (Å²) in [5, 5.41) is 6.88. The molecule has 0 atom stereocenters. The molecule has 0 bridgehead atoms. The second-order valence-corrected chi connectivity index (χ2v) is 9.54. The first kappa shape index (κ1) is 25.8. The van der Waals surface area contributed by atoms with Crippen LogP contribution in [0.15, 0.2) is 0 Å². The van der Waals surface area contributed by atoms with Crippen LogP contribution in [0.25, 0.3) is 0 Å². The summed E-state index contributed by atoms with van der Waals surface area (Å²) in [6, 6.07) is 0. The first-order chi connectivity index (χ1) is 13.4. The Labute approximate surface area is 176 Å². The summed E-state index contributed by atoms with van der Waals surface area (Å²) < 4.78 is 10.8. The van der Waals surface area contributed by atoms with Crippen molar-refractivity contribution in [1.29, 1.82) is 0 Å². The van der Waals surface area contributed by atoms with Crippen LogP contribution >= 0.6 is 0 Å². The SMILES string of the molecule is CC(C)(C)OC(=O)CCN1CCNCCN(CC(=O)OC(C)(C)C)CCNCC1. The molecule has 1 fully saturated rings. The molecule has 1 heterocycles. The molecule has 0 aromatic heterocycles. The molecule has 29 heavy (non-hydrogen) atoms. The third kappa shape index (κ3) is 14.4. The van der Waals surface area contributed by atoms with Gasteiger partial charge in [-0.2, -0.15) is 0 Å². The number of carbonyl (C=O) groups excluding carboxylic acids is 2.